The van der Waals surface area contributed by atoms with Gasteiger partial charge in [0.05, 0.1) is 18.9 Å². The third-order valence-electron chi connectivity index (χ3n) is 7.12. The second kappa shape index (κ2) is 18.0. The van der Waals surface area contributed by atoms with Gasteiger partial charge in [0.2, 0.25) is 0 Å². The van der Waals surface area contributed by atoms with Crippen molar-refractivity contribution in [1.82, 2.24) is 10.4 Å². The van der Waals surface area contributed by atoms with Crippen molar-refractivity contribution in [1.29, 1.82) is 0 Å². The Morgan fingerprint density at radius 1 is 1.00 bits per heavy atom. The summed E-state index contributed by atoms with van der Waals surface area (Å²) in [4.78, 5) is 19.0. The molecule has 1 saturated heterocycles. The quantitative estimate of drug-likeness (QED) is 0.137. The van der Waals surface area contributed by atoms with E-state index in [1.807, 2.05) is 23.3 Å². The van der Waals surface area contributed by atoms with Crippen molar-refractivity contribution in [3.63, 3.8) is 0 Å². The van der Waals surface area contributed by atoms with E-state index >= 15 is 0 Å². The summed E-state index contributed by atoms with van der Waals surface area (Å²) in [6, 6.07) is 9.63. The van der Waals surface area contributed by atoms with Gasteiger partial charge in [0.25, 0.3) is 10.1 Å². The molecule has 0 saturated carbocycles. The van der Waals surface area contributed by atoms with Crippen LogP contribution in [-0.4, -0.2) is 56.2 Å². The molecule has 3 atom stereocenters. The molecule has 1 amide bonds. The van der Waals surface area contributed by atoms with Crippen LogP contribution in [0.4, 0.5) is 4.79 Å². The molecule has 0 spiro atoms. The minimum atomic E-state index is -3.69. The van der Waals surface area contributed by atoms with Crippen LogP contribution >= 0.6 is 0 Å². The number of nitrogens with zero attached hydrogens (tertiary/aromatic N) is 1. The molecular weight excluding hydrogens is 528 g/mol. The Labute approximate surface area is 243 Å². The molecule has 1 N–H and O–H groups in total. The predicted molar refractivity (Wildman–Crippen MR) is 160 cm³/mol. The molecule has 230 valence electrons. The molecule has 0 bridgehead atoms. The number of hydrogen-bond donors (Lipinski definition) is 1. The van der Waals surface area contributed by atoms with Gasteiger partial charge in [-0.2, -0.15) is 13.5 Å². The van der Waals surface area contributed by atoms with Gasteiger partial charge in [0, 0.05) is 12.6 Å². The molecule has 1 aromatic carbocycles. The van der Waals surface area contributed by atoms with Crippen molar-refractivity contribution >= 4 is 16.2 Å². The molecule has 0 unspecified atom stereocenters. The van der Waals surface area contributed by atoms with Gasteiger partial charge < -0.3 is 10.1 Å². The lowest BCUT2D eigenvalue weighted by Crippen LogP contribution is -2.48. The first-order valence-corrected chi connectivity index (χ1v) is 17.1. The van der Waals surface area contributed by atoms with Gasteiger partial charge >= 0.3 is 6.09 Å². The van der Waals surface area contributed by atoms with Crippen LogP contribution in [0.25, 0.3) is 0 Å². The van der Waals surface area contributed by atoms with Crippen LogP contribution in [0.1, 0.15) is 117 Å². The smallest absolute Gasteiger partial charge is 0.408 e. The number of amides is 1. The number of hydroxylamine groups is 2. The van der Waals surface area contributed by atoms with Crippen molar-refractivity contribution in [2.45, 2.75) is 141 Å². The average Bonchev–Trinajstić information content (AvgIpc) is 3.26. The van der Waals surface area contributed by atoms with Crippen LogP contribution in [0.3, 0.4) is 0 Å². The Morgan fingerprint density at radius 2 is 1.57 bits per heavy atom. The molecule has 1 heterocycles. The number of unbranched alkanes of at least 4 members (excludes halogenated alkanes) is 10. The molecule has 40 heavy (non-hydrogen) atoms. The molecule has 2 rings (SSSR count). The molecule has 0 radical (unpaired) electrons. The lowest BCUT2D eigenvalue weighted by Gasteiger charge is -2.27. The van der Waals surface area contributed by atoms with Crippen LogP contribution in [0, 0.1) is 0 Å². The van der Waals surface area contributed by atoms with Crippen LogP contribution in [0.15, 0.2) is 30.3 Å². The van der Waals surface area contributed by atoms with E-state index in [4.69, 9.17) is 13.8 Å². The second-order valence-corrected chi connectivity index (χ2v) is 13.8. The number of carbonyl (C=O) groups is 1. The molecule has 8 nitrogen and oxygen atoms in total. The first-order chi connectivity index (χ1) is 19.0. The maximum Gasteiger partial charge on any atom is 0.408 e. The third-order valence-corrected chi connectivity index (χ3v) is 7.68. The van der Waals surface area contributed by atoms with Crippen molar-refractivity contribution < 1.29 is 27.0 Å². The molecular formula is C31H54N2O6S. The van der Waals surface area contributed by atoms with Gasteiger partial charge in [0.15, 0.2) is 0 Å². The Balaban J connectivity index is 1.94. The molecule has 0 aliphatic carbocycles. The lowest BCUT2D eigenvalue weighted by molar-refractivity contribution is -0.178. The Bertz CT molecular complexity index is 935. The van der Waals surface area contributed by atoms with Crippen LogP contribution in [0.5, 0.6) is 0 Å². The highest BCUT2D eigenvalue weighted by atomic mass is 32.2. The summed E-state index contributed by atoms with van der Waals surface area (Å²) >= 11 is 0. The largest absolute Gasteiger partial charge is 0.444 e. The SMILES string of the molecule is CCCCCCCCCCCCC[C@@H]1C[C@@H]([C@H](COS(C)(=O)=O)NC(=O)OC(C)(C)C)ON1Cc1ccccc1. The van der Waals surface area contributed by atoms with Gasteiger partial charge in [-0.1, -0.05) is 108 Å². The summed E-state index contributed by atoms with van der Waals surface area (Å²) in [5.74, 6) is 0. The van der Waals surface area contributed by atoms with Gasteiger partial charge in [-0.25, -0.2) is 4.79 Å². The summed E-state index contributed by atoms with van der Waals surface area (Å²) in [5, 5.41) is 4.80. The van der Waals surface area contributed by atoms with Crippen LogP contribution in [0.2, 0.25) is 0 Å². The highest BCUT2D eigenvalue weighted by molar-refractivity contribution is 7.85. The van der Waals surface area contributed by atoms with Gasteiger partial charge in [-0.3, -0.25) is 9.02 Å². The van der Waals surface area contributed by atoms with Crippen molar-refractivity contribution in [2.24, 2.45) is 0 Å². The van der Waals surface area contributed by atoms with Crippen molar-refractivity contribution in [3.8, 4) is 0 Å². The maximum absolute atomic E-state index is 12.6. The molecule has 9 heteroatoms. The second-order valence-electron chi connectivity index (χ2n) is 12.2. The highest BCUT2D eigenvalue weighted by Gasteiger charge is 2.39. The first-order valence-electron chi connectivity index (χ1n) is 15.3. The third kappa shape index (κ3) is 15.4. The molecule has 1 aromatic rings. The van der Waals surface area contributed by atoms with Crippen molar-refractivity contribution in [2.75, 3.05) is 12.9 Å². The maximum atomic E-state index is 12.6. The monoisotopic (exact) mass is 582 g/mol. The Hall–Kier alpha value is -1.68. The number of carbonyl (C=O) groups excluding carboxylic acids is 1. The first kappa shape index (κ1) is 34.5. The summed E-state index contributed by atoms with van der Waals surface area (Å²) in [6.07, 6.45) is 15.8. The fourth-order valence-electron chi connectivity index (χ4n) is 5.06. The minimum absolute atomic E-state index is 0.157. The molecule has 1 aliphatic rings. The fraction of sp³-hybridized carbons (Fsp3) is 0.774. The summed E-state index contributed by atoms with van der Waals surface area (Å²) in [7, 11) is -3.69. The van der Waals surface area contributed by atoms with E-state index in [9.17, 15) is 13.2 Å². The number of benzene rings is 1. The average molecular weight is 583 g/mol. The van der Waals surface area contributed by atoms with Crippen LogP contribution < -0.4 is 5.32 Å². The number of rotatable bonds is 19. The number of nitrogens with one attached hydrogen (secondary N) is 1. The lowest BCUT2D eigenvalue weighted by atomic mass is 9.98. The van der Waals surface area contributed by atoms with E-state index in [-0.39, 0.29) is 12.6 Å². The highest BCUT2D eigenvalue weighted by Crippen LogP contribution is 2.30. The zero-order valence-corrected chi connectivity index (χ0v) is 26.3. The molecule has 1 aliphatic heterocycles. The van der Waals surface area contributed by atoms with Crippen molar-refractivity contribution in [3.05, 3.63) is 35.9 Å². The predicted octanol–water partition coefficient (Wildman–Crippen LogP) is 7.13. The van der Waals surface area contributed by atoms with E-state index < -0.39 is 34.0 Å². The number of ether oxygens (including phenoxy) is 1. The van der Waals surface area contributed by atoms with E-state index in [1.54, 1.807) is 20.8 Å². The molecule has 1 fully saturated rings. The van der Waals surface area contributed by atoms with Gasteiger partial charge in [0.1, 0.15) is 11.7 Å². The topological polar surface area (TPSA) is 94.2 Å². The fourth-order valence-corrected chi connectivity index (χ4v) is 5.45. The summed E-state index contributed by atoms with van der Waals surface area (Å²) in [5.41, 5.74) is 0.455. The van der Waals surface area contributed by atoms with E-state index in [2.05, 4.69) is 24.4 Å². The van der Waals surface area contributed by atoms with E-state index in [0.29, 0.717) is 13.0 Å². The van der Waals surface area contributed by atoms with Gasteiger partial charge in [-0.15, -0.1) is 0 Å². The van der Waals surface area contributed by atoms with Crippen LogP contribution in [-0.2, 0) is 30.4 Å². The Morgan fingerprint density at radius 3 is 2.12 bits per heavy atom. The van der Waals surface area contributed by atoms with E-state index in [1.165, 1.54) is 64.2 Å². The standard InChI is InChI=1S/C31H54N2O6S/c1-6-7-8-9-10-11-12-13-14-15-19-22-27-23-29(39-33(27)24-26-20-17-16-18-21-26)28(25-37-40(5,35)36)32-30(34)38-31(2,3)4/h16-18,20-21,27-29H,6-15,19,22-25H2,1-5H3,(H,32,34)/t27-,28+,29+/m1/s1. The van der Waals surface area contributed by atoms with E-state index in [0.717, 1.165) is 24.7 Å². The zero-order valence-electron chi connectivity index (χ0n) is 25.5. The van der Waals surface area contributed by atoms with Gasteiger partial charge in [-0.05, 0) is 39.2 Å². The Kier molecular flexibility index (Phi) is 15.5. The summed E-state index contributed by atoms with van der Waals surface area (Å²) in [6.45, 7) is 8.01. The summed E-state index contributed by atoms with van der Waals surface area (Å²) < 4.78 is 34.0. The number of alkyl carbamates (subject to hydrolysis) is 1. The number of hydrogen-bond acceptors (Lipinski definition) is 7. The minimum Gasteiger partial charge on any atom is -0.444 e. The normalized spacial score (nSPS) is 19.0. The zero-order chi connectivity index (χ0) is 29.4. The molecule has 0 aromatic heterocycles.